The van der Waals surface area contributed by atoms with Crippen LogP contribution < -0.4 is 10.6 Å². The van der Waals surface area contributed by atoms with Crippen LogP contribution in [0.25, 0.3) is 0 Å². The molecule has 120 valence electrons. The Hall–Kier alpha value is -3.48. The molecule has 2 aromatic heterocycles. The maximum absolute atomic E-state index is 11.2. The summed E-state index contributed by atoms with van der Waals surface area (Å²) in [6.45, 7) is 0.602. The van der Waals surface area contributed by atoms with Gasteiger partial charge in [0.1, 0.15) is 18.0 Å². The van der Waals surface area contributed by atoms with Gasteiger partial charge < -0.3 is 15.7 Å². The number of rotatable bonds is 6. The minimum Gasteiger partial charge on any atom is -0.478 e. The second kappa shape index (κ2) is 7.19. The van der Waals surface area contributed by atoms with Crippen molar-refractivity contribution < 1.29 is 9.90 Å². The van der Waals surface area contributed by atoms with Crippen molar-refractivity contribution in [2.75, 3.05) is 10.6 Å². The summed E-state index contributed by atoms with van der Waals surface area (Å²) in [4.78, 5) is 23.5. The Morgan fingerprint density at radius 3 is 2.58 bits per heavy atom. The first kappa shape index (κ1) is 15.4. The van der Waals surface area contributed by atoms with E-state index in [1.54, 1.807) is 36.7 Å². The van der Waals surface area contributed by atoms with Crippen molar-refractivity contribution in [2.24, 2.45) is 0 Å². The molecule has 0 spiro atoms. The Morgan fingerprint density at radius 1 is 1.04 bits per heavy atom. The van der Waals surface area contributed by atoms with E-state index in [0.717, 1.165) is 5.56 Å². The van der Waals surface area contributed by atoms with Gasteiger partial charge in [-0.05, 0) is 29.8 Å². The Balaban J connectivity index is 1.73. The lowest BCUT2D eigenvalue weighted by Crippen LogP contribution is -2.05. The topological polar surface area (TPSA) is 100 Å². The molecule has 3 aromatic rings. The van der Waals surface area contributed by atoms with Crippen LogP contribution in [0.2, 0.25) is 0 Å². The number of anilines is 3. The van der Waals surface area contributed by atoms with Crippen LogP contribution in [0.15, 0.2) is 61.2 Å². The highest BCUT2D eigenvalue weighted by atomic mass is 16.4. The molecule has 0 bridgehead atoms. The average Bonchev–Trinajstić information content (AvgIpc) is 2.61. The number of nitrogens with one attached hydrogen (secondary N) is 2. The lowest BCUT2D eigenvalue weighted by Gasteiger charge is -2.10. The zero-order valence-corrected chi connectivity index (χ0v) is 12.7. The molecular formula is C17H15N5O2. The van der Waals surface area contributed by atoms with Crippen molar-refractivity contribution in [3.8, 4) is 0 Å². The summed E-state index contributed by atoms with van der Waals surface area (Å²) in [5.74, 6) is 0.149. The molecule has 2 heterocycles. The highest BCUT2D eigenvalue weighted by Crippen LogP contribution is 2.20. The number of para-hydroxylation sites is 1. The second-order valence-corrected chi connectivity index (χ2v) is 4.97. The molecule has 0 unspecified atom stereocenters. The molecule has 3 N–H and O–H groups in total. The third-order valence-electron chi connectivity index (χ3n) is 3.31. The van der Waals surface area contributed by atoms with Crippen LogP contribution in [0.1, 0.15) is 15.9 Å². The van der Waals surface area contributed by atoms with Crippen LogP contribution in [0.5, 0.6) is 0 Å². The van der Waals surface area contributed by atoms with Crippen LogP contribution in [0, 0.1) is 0 Å². The maximum Gasteiger partial charge on any atom is 0.337 e. The van der Waals surface area contributed by atoms with Crippen molar-refractivity contribution in [1.82, 2.24) is 15.0 Å². The Kier molecular flexibility index (Phi) is 4.62. The van der Waals surface area contributed by atoms with E-state index < -0.39 is 5.97 Å². The number of nitrogens with zero attached hydrogens (tertiary/aromatic N) is 3. The van der Waals surface area contributed by atoms with E-state index in [1.165, 1.54) is 12.4 Å². The molecule has 0 aliphatic carbocycles. The summed E-state index contributed by atoms with van der Waals surface area (Å²) in [6, 6.07) is 12.2. The number of aromatic carboxylic acids is 1. The number of carbonyl (C=O) groups is 1. The zero-order chi connectivity index (χ0) is 16.8. The number of aromatic nitrogens is 3. The first-order chi connectivity index (χ1) is 11.7. The molecule has 0 saturated heterocycles. The van der Waals surface area contributed by atoms with Gasteiger partial charge in [-0.2, -0.15) is 0 Å². The van der Waals surface area contributed by atoms with Gasteiger partial charge in [0.15, 0.2) is 0 Å². The lowest BCUT2D eigenvalue weighted by atomic mass is 10.2. The number of pyridine rings is 1. The molecule has 0 fully saturated rings. The van der Waals surface area contributed by atoms with Gasteiger partial charge in [-0.25, -0.2) is 14.8 Å². The fraction of sp³-hybridized carbons (Fsp3) is 0.0588. The summed E-state index contributed by atoms with van der Waals surface area (Å²) in [5.41, 5.74) is 1.74. The number of carboxylic acids is 1. The largest absolute Gasteiger partial charge is 0.478 e. The van der Waals surface area contributed by atoms with E-state index in [0.29, 0.717) is 23.9 Å². The van der Waals surface area contributed by atoms with E-state index in [2.05, 4.69) is 25.6 Å². The van der Waals surface area contributed by atoms with Crippen molar-refractivity contribution in [1.29, 1.82) is 0 Å². The predicted octanol–water partition coefficient (Wildman–Crippen LogP) is 2.93. The van der Waals surface area contributed by atoms with Crippen molar-refractivity contribution in [3.63, 3.8) is 0 Å². The van der Waals surface area contributed by atoms with Gasteiger partial charge >= 0.3 is 5.97 Å². The third kappa shape index (κ3) is 3.83. The normalized spacial score (nSPS) is 10.2. The summed E-state index contributed by atoms with van der Waals surface area (Å²) in [7, 11) is 0. The van der Waals surface area contributed by atoms with Crippen molar-refractivity contribution in [2.45, 2.75) is 6.54 Å². The number of carboxylic acid groups (broad SMARTS) is 1. The Bertz CT molecular complexity index is 839. The van der Waals surface area contributed by atoms with Gasteiger partial charge in [-0.1, -0.05) is 12.1 Å². The van der Waals surface area contributed by atoms with E-state index in [1.807, 2.05) is 12.1 Å². The number of benzene rings is 1. The predicted molar refractivity (Wildman–Crippen MR) is 90.3 cm³/mol. The fourth-order valence-electron chi connectivity index (χ4n) is 2.13. The molecule has 0 amide bonds. The average molecular weight is 321 g/mol. The van der Waals surface area contributed by atoms with Gasteiger partial charge in [0, 0.05) is 25.0 Å². The van der Waals surface area contributed by atoms with E-state index >= 15 is 0 Å². The highest BCUT2D eigenvalue weighted by Gasteiger charge is 2.09. The summed E-state index contributed by atoms with van der Waals surface area (Å²) >= 11 is 0. The fourth-order valence-corrected chi connectivity index (χ4v) is 2.13. The molecule has 0 aliphatic heterocycles. The van der Waals surface area contributed by atoms with Gasteiger partial charge in [0.25, 0.3) is 0 Å². The van der Waals surface area contributed by atoms with E-state index in [-0.39, 0.29) is 5.56 Å². The first-order valence-corrected chi connectivity index (χ1v) is 7.26. The summed E-state index contributed by atoms with van der Waals surface area (Å²) < 4.78 is 0. The lowest BCUT2D eigenvalue weighted by molar-refractivity contribution is 0.0698. The highest BCUT2D eigenvalue weighted by molar-refractivity contribution is 5.95. The first-order valence-electron chi connectivity index (χ1n) is 7.26. The molecule has 0 aliphatic rings. The SMILES string of the molecule is O=C(O)c1ccccc1Nc1cc(NCc2ccncc2)ncn1. The summed E-state index contributed by atoms with van der Waals surface area (Å²) in [6.07, 6.45) is 4.88. The number of hydrogen-bond acceptors (Lipinski definition) is 6. The molecule has 0 atom stereocenters. The van der Waals surface area contributed by atoms with Crippen molar-refractivity contribution >= 4 is 23.3 Å². The molecule has 1 aromatic carbocycles. The second-order valence-electron chi connectivity index (χ2n) is 4.97. The van der Waals surface area contributed by atoms with Gasteiger partial charge in [0.2, 0.25) is 0 Å². The van der Waals surface area contributed by atoms with E-state index in [4.69, 9.17) is 0 Å². The van der Waals surface area contributed by atoms with Crippen LogP contribution in [0.3, 0.4) is 0 Å². The van der Waals surface area contributed by atoms with Gasteiger partial charge in [-0.15, -0.1) is 0 Å². The quantitative estimate of drug-likeness (QED) is 0.642. The van der Waals surface area contributed by atoms with Gasteiger partial charge in [-0.3, -0.25) is 4.98 Å². The van der Waals surface area contributed by atoms with Crippen LogP contribution >= 0.6 is 0 Å². The maximum atomic E-state index is 11.2. The summed E-state index contributed by atoms with van der Waals surface area (Å²) in [5, 5.41) is 15.4. The Morgan fingerprint density at radius 2 is 1.79 bits per heavy atom. The standard InChI is InChI=1S/C17H15N5O2/c23-17(24)13-3-1-2-4-14(13)22-16-9-15(20-11-21-16)19-10-12-5-7-18-8-6-12/h1-9,11H,10H2,(H,23,24)(H2,19,20,21,22). The molecular weight excluding hydrogens is 306 g/mol. The number of hydrogen-bond donors (Lipinski definition) is 3. The smallest absolute Gasteiger partial charge is 0.337 e. The van der Waals surface area contributed by atoms with Crippen molar-refractivity contribution in [3.05, 3.63) is 72.3 Å². The molecule has 24 heavy (non-hydrogen) atoms. The van der Waals surface area contributed by atoms with Crippen LogP contribution in [-0.4, -0.2) is 26.0 Å². The molecule has 0 radical (unpaired) electrons. The van der Waals surface area contributed by atoms with E-state index in [9.17, 15) is 9.90 Å². The minimum atomic E-state index is -0.997. The third-order valence-corrected chi connectivity index (χ3v) is 3.31. The molecule has 3 rings (SSSR count). The van der Waals surface area contributed by atoms with Crippen LogP contribution in [-0.2, 0) is 6.54 Å². The zero-order valence-electron chi connectivity index (χ0n) is 12.7. The van der Waals surface area contributed by atoms with Gasteiger partial charge in [0.05, 0.1) is 11.3 Å². The molecule has 0 saturated carbocycles. The monoisotopic (exact) mass is 321 g/mol. The molecule has 7 heteroatoms. The van der Waals surface area contributed by atoms with Crippen LogP contribution in [0.4, 0.5) is 17.3 Å². The molecule has 7 nitrogen and oxygen atoms in total. The minimum absolute atomic E-state index is 0.183. The Labute approximate surface area is 138 Å².